The van der Waals surface area contributed by atoms with Crippen LogP contribution in [0.4, 0.5) is 4.79 Å². The molecule has 0 aromatic carbocycles. The van der Waals surface area contributed by atoms with E-state index in [4.69, 9.17) is 4.74 Å². The van der Waals surface area contributed by atoms with E-state index in [0.717, 1.165) is 9.21 Å². The minimum Gasteiger partial charge on any atom is -0.443 e. The fraction of sp³-hybridized carbons (Fsp3) is 0.812. The van der Waals surface area contributed by atoms with Gasteiger partial charge in [0.2, 0.25) is 15.9 Å². The Morgan fingerprint density at radius 2 is 1.88 bits per heavy atom. The van der Waals surface area contributed by atoms with Gasteiger partial charge in [0.05, 0.1) is 17.9 Å². The van der Waals surface area contributed by atoms with E-state index < -0.39 is 45.5 Å². The smallest absolute Gasteiger partial charge is 0.417 e. The summed E-state index contributed by atoms with van der Waals surface area (Å²) in [5.41, 5.74) is -0.811. The SMILES string of the molecule is CC(C)[C@H]1[C@@H](CS(=O)(=O)N(C)C)[C@H](C#N)C(=O)N1C(=O)OC(C)(C)C. The Labute approximate surface area is 149 Å². The van der Waals surface area contributed by atoms with Crippen LogP contribution in [-0.4, -0.2) is 61.1 Å². The lowest BCUT2D eigenvalue weighted by Crippen LogP contribution is -2.47. The first-order valence-electron chi connectivity index (χ1n) is 8.08. The predicted molar refractivity (Wildman–Crippen MR) is 91.8 cm³/mol. The Balaban J connectivity index is 3.31. The number of likely N-dealkylation sites (tertiary alicyclic amines) is 1. The Hall–Kier alpha value is -1.66. The monoisotopic (exact) mass is 373 g/mol. The molecule has 9 heteroatoms. The molecule has 0 radical (unpaired) electrons. The zero-order valence-corrected chi connectivity index (χ0v) is 16.6. The molecule has 0 unspecified atom stereocenters. The van der Waals surface area contributed by atoms with Crippen molar-refractivity contribution in [1.29, 1.82) is 5.26 Å². The summed E-state index contributed by atoms with van der Waals surface area (Å²) >= 11 is 0. The Morgan fingerprint density at radius 3 is 2.24 bits per heavy atom. The number of hydrogen-bond acceptors (Lipinski definition) is 6. The van der Waals surface area contributed by atoms with Gasteiger partial charge in [-0.3, -0.25) is 4.79 Å². The molecule has 142 valence electrons. The van der Waals surface area contributed by atoms with E-state index in [1.54, 1.807) is 34.6 Å². The highest BCUT2D eigenvalue weighted by Gasteiger charge is 2.54. The van der Waals surface area contributed by atoms with Crippen molar-refractivity contribution < 1.29 is 22.7 Å². The van der Waals surface area contributed by atoms with Gasteiger partial charge >= 0.3 is 6.09 Å². The number of carbonyl (C=O) groups is 2. The summed E-state index contributed by atoms with van der Waals surface area (Å²) in [6.07, 6.45) is -0.846. The predicted octanol–water partition coefficient (Wildman–Crippen LogP) is 1.44. The molecule has 0 aromatic rings. The van der Waals surface area contributed by atoms with E-state index in [2.05, 4.69) is 0 Å². The summed E-state index contributed by atoms with van der Waals surface area (Å²) in [4.78, 5) is 26.1. The molecule has 1 rings (SSSR count). The van der Waals surface area contributed by atoms with Gasteiger partial charge in [-0.25, -0.2) is 22.4 Å². The van der Waals surface area contributed by atoms with Crippen LogP contribution in [0.3, 0.4) is 0 Å². The van der Waals surface area contributed by atoms with Gasteiger partial charge in [-0.2, -0.15) is 5.26 Å². The maximum absolute atomic E-state index is 12.6. The number of amides is 2. The number of nitriles is 1. The largest absolute Gasteiger partial charge is 0.443 e. The van der Waals surface area contributed by atoms with E-state index >= 15 is 0 Å². The van der Waals surface area contributed by atoms with Gasteiger partial charge in [0.25, 0.3) is 0 Å². The first-order valence-corrected chi connectivity index (χ1v) is 9.69. The molecular formula is C16H27N3O5S. The summed E-state index contributed by atoms with van der Waals surface area (Å²) in [5.74, 6) is -3.31. The van der Waals surface area contributed by atoms with Gasteiger partial charge in [0.15, 0.2) is 0 Å². The van der Waals surface area contributed by atoms with Crippen molar-refractivity contribution >= 4 is 22.0 Å². The van der Waals surface area contributed by atoms with Crippen LogP contribution < -0.4 is 0 Å². The number of nitrogens with zero attached hydrogens (tertiary/aromatic N) is 3. The second-order valence-corrected chi connectivity index (χ2v) is 9.98. The highest BCUT2D eigenvalue weighted by atomic mass is 32.2. The molecule has 25 heavy (non-hydrogen) atoms. The van der Waals surface area contributed by atoms with Crippen LogP contribution >= 0.6 is 0 Å². The van der Waals surface area contributed by atoms with Crippen LogP contribution in [0, 0.1) is 29.1 Å². The van der Waals surface area contributed by atoms with Crippen LogP contribution in [0.5, 0.6) is 0 Å². The Bertz CT molecular complexity index is 673. The summed E-state index contributed by atoms with van der Waals surface area (Å²) in [5, 5.41) is 9.42. The lowest BCUT2D eigenvalue weighted by Gasteiger charge is -2.31. The first-order chi connectivity index (χ1) is 11.2. The van der Waals surface area contributed by atoms with E-state index in [1.165, 1.54) is 14.1 Å². The summed E-state index contributed by atoms with van der Waals surface area (Å²) in [7, 11) is -0.863. The summed E-state index contributed by atoms with van der Waals surface area (Å²) in [6.45, 7) is 8.58. The van der Waals surface area contributed by atoms with Gasteiger partial charge in [0.1, 0.15) is 11.5 Å². The zero-order chi connectivity index (χ0) is 19.7. The maximum atomic E-state index is 12.6. The van der Waals surface area contributed by atoms with Gasteiger partial charge in [-0.1, -0.05) is 13.8 Å². The second-order valence-electron chi connectivity index (χ2n) is 7.75. The molecule has 1 aliphatic rings. The zero-order valence-electron chi connectivity index (χ0n) is 15.8. The normalized spacial score (nSPS) is 24.7. The standard InChI is InChI=1S/C16H27N3O5S/c1-10(2)13-12(9-25(22,23)18(6)7)11(8-17)14(20)19(13)15(21)24-16(3,4)5/h10-13H,9H2,1-7H3/t11-,12-,13-/m0/s1. The number of hydrogen-bond donors (Lipinski definition) is 0. The molecule has 0 aliphatic carbocycles. The van der Waals surface area contributed by atoms with Crippen molar-refractivity contribution in [2.45, 2.75) is 46.3 Å². The average molecular weight is 373 g/mol. The van der Waals surface area contributed by atoms with Crippen molar-refractivity contribution in [2.24, 2.45) is 17.8 Å². The van der Waals surface area contributed by atoms with Crippen LogP contribution in [0.25, 0.3) is 0 Å². The number of imide groups is 1. The van der Waals surface area contributed by atoms with Crippen LogP contribution in [0.15, 0.2) is 0 Å². The average Bonchev–Trinajstić information content (AvgIpc) is 2.68. The van der Waals surface area contributed by atoms with Crippen molar-refractivity contribution in [3.8, 4) is 6.07 Å². The summed E-state index contributed by atoms with van der Waals surface area (Å²) in [6, 6.07) is 1.16. The molecule has 1 saturated heterocycles. The topological polar surface area (TPSA) is 108 Å². The molecule has 2 amide bonds. The van der Waals surface area contributed by atoms with Gasteiger partial charge in [-0.05, 0) is 26.7 Å². The third kappa shape index (κ3) is 4.70. The maximum Gasteiger partial charge on any atom is 0.417 e. The lowest BCUT2D eigenvalue weighted by molar-refractivity contribution is -0.130. The van der Waals surface area contributed by atoms with Gasteiger partial charge in [-0.15, -0.1) is 0 Å². The van der Waals surface area contributed by atoms with E-state index in [-0.39, 0.29) is 11.7 Å². The minimum absolute atomic E-state index is 0.225. The molecular weight excluding hydrogens is 346 g/mol. The van der Waals surface area contributed by atoms with Crippen molar-refractivity contribution in [2.75, 3.05) is 19.8 Å². The van der Waals surface area contributed by atoms with Gasteiger partial charge < -0.3 is 4.74 Å². The van der Waals surface area contributed by atoms with E-state index in [0.29, 0.717) is 0 Å². The number of sulfonamides is 1. The molecule has 0 N–H and O–H groups in total. The van der Waals surface area contributed by atoms with Crippen LogP contribution in [0.1, 0.15) is 34.6 Å². The molecule has 0 bridgehead atoms. The quantitative estimate of drug-likeness (QED) is 0.738. The molecule has 0 aromatic heterocycles. The first kappa shape index (κ1) is 21.4. The van der Waals surface area contributed by atoms with Gasteiger partial charge in [0, 0.05) is 20.0 Å². The Kier molecular flexibility index (Phi) is 6.24. The number of carbonyl (C=O) groups excluding carboxylic acids is 2. The molecule has 1 aliphatic heterocycles. The highest BCUT2D eigenvalue weighted by molar-refractivity contribution is 7.89. The highest BCUT2D eigenvalue weighted by Crippen LogP contribution is 2.37. The fourth-order valence-corrected chi connectivity index (χ4v) is 4.10. The minimum atomic E-state index is -3.65. The fourth-order valence-electron chi connectivity index (χ4n) is 2.92. The molecule has 3 atom stereocenters. The number of ether oxygens (including phenoxy) is 1. The molecule has 0 spiro atoms. The van der Waals surface area contributed by atoms with Crippen LogP contribution in [0.2, 0.25) is 0 Å². The lowest BCUT2D eigenvalue weighted by atomic mass is 9.87. The van der Waals surface area contributed by atoms with Crippen LogP contribution in [-0.2, 0) is 19.6 Å². The Morgan fingerprint density at radius 1 is 1.36 bits per heavy atom. The van der Waals surface area contributed by atoms with E-state index in [9.17, 15) is 23.3 Å². The third-order valence-electron chi connectivity index (χ3n) is 4.04. The second kappa shape index (κ2) is 7.30. The van der Waals surface area contributed by atoms with E-state index in [1.807, 2.05) is 6.07 Å². The van der Waals surface area contributed by atoms with Crippen molar-refractivity contribution in [1.82, 2.24) is 9.21 Å². The number of rotatable bonds is 4. The molecule has 0 saturated carbocycles. The molecule has 1 heterocycles. The molecule has 1 fully saturated rings. The van der Waals surface area contributed by atoms with Crippen molar-refractivity contribution in [3.63, 3.8) is 0 Å². The molecule has 8 nitrogen and oxygen atoms in total. The third-order valence-corrected chi connectivity index (χ3v) is 5.96. The summed E-state index contributed by atoms with van der Waals surface area (Å²) < 4.78 is 30.9. The van der Waals surface area contributed by atoms with Crippen molar-refractivity contribution in [3.05, 3.63) is 0 Å².